The number of hydrogen-bond donors (Lipinski definition) is 1. The molecule has 3 nitrogen and oxygen atoms in total. The molecule has 0 radical (unpaired) electrons. The van der Waals surface area contributed by atoms with E-state index in [4.69, 9.17) is 16.8 Å². The number of pyridine rings is 1. The predicted octanol–water partition coefficient (Wildman–Crippen LogP) is 1.93. The minimum absolute atomic E-state index is 0.474. The summed E-state index contributed by atoms with van der Waals surface area (Å²) < 4.78 is 0. The summed E-state index contributed by atoms with van der Waals surface area (Å²) in [7, 11) is 0. The number of rotatable bonds is 1. The number of nitrogens with zero attached hydrogens (tertiary/aromatic N) is 2. The Hall–Kier alpha value is -1.09. The predicted molar refractivity (Wildman–Crippen MR) is 43.2 cm³/mol. The summed E-state index contributed by atoms with van der Waals surface area (Å²) in [6.45, 7) is 1.66. The fourth-order valence-electron chi connectivity index (χ4n) is 0.641. The zero-order chi connectivity index (χ0) is 8.27. The average Bonchev–Trinajstić information content (AvgIpc) is 2.05. The summed E-state index contributed by atoms with van der Waals surface area (Å²) >= 11 is 5.59. The number of aromatic nitrogens is 1. The molecule has 58 valence electrons. The second-order valence-corrected chi connectivity index (χ2v) is 2.48. The molecule has 11 heavy (non-hydrogen) atoms. The molecule has 0 unspecified atom stereocenters. The van der Waals surface area contributed by atoms with Gasteiger partial charge in [0.1, 0.15) is 5.71 Å². The lowest BCUT2D eigenvalue weighted by molar-refractivity contribution is 0.319. The molecule has 0 aliphatic rings. The van der Waals surface area contributed by atoms with E-state index in [1.165, 1.54) is 6.20 Å². The largest absolute Gasteiger partial charge is 0.411 e. The van der Waals surface area contributed by atoms with Gasteiger partial charge in [-0.15, -0.1) is 0 Å². The molecule has 0 fully saturated rings. The fraction of sp³-hybridized carbons (Fsp3) is 0.143. The fourth-order valence-corrected chi connectivity index (χ4v) is 0.753. The molecular formula is C7H7ClN2O. The lowest BCUT2D eigenvalue weighted by Crippen LogP contribution is -1.96. The van der Waals surface area contributed by atoms with E-state index in [-0.39, 0.29) is 0 Å². The maximum absolute atomic E-state index is 8.37. The molecule has 0 aromatic carbocycles. The maximum atomic E-state index is 8.37. The van der Waals surface area contributed by atoms with E-state index in [1.807, 2.05) is 0 Å². The van der Waals surface area contributed by atoms with Crippen LogP contribution >= 0.6 is 11.6 Å². The van der Waals surface area contributed by atoms with E-state index >= 15 is 0 Å². The minimum Gasteiger partial charge on any atom is -0.411 e. The van der Waals surface area contributed by atoms with E-state index in [0.29, 0.717) is 16.4 Å². The van der Waals surface area contributed by atoms with Crippen LogP contribution in [-0.2, 0) is 0 Å². The zero-order valence-electron chi connectivity index (χ0n) is 5.95. The molecule has 1 rings (SSSR count). The molecule has 0 amide bonds. The van der Waals surface area contributed by atoms with E-state index in [0.717, 1.165) is 0 Å². The van der Waals surface area contributed by atoms with Crippen LogP contribution in [0.15, 0.2) is 23.5 Å². The Kier molecular flexibility index (Phi) is 2.44. The Morgan fingerprint density at radius 1 is 1.64 bits per heavy atom. The summed E-state index contributed by atoms with van der Waals surface area (Å²) in [6, 6.07) is 3.38. The SMILES string of the molecule is C/C(=N\O)c1ccc(Cl)cn1. The molecule has 0 bridgehead atoms. The van der Waals surface area contributed by atoms with Gasteiger partial charge in [0.2, 0.25) is 0 Å². The van der Waals surface area contributed by atoms with Crippen LogP contribution < -0.4 is 0 Å². The number of halogens is 1. The second kappa shape index (κ2) is 3.34. The minimum atomic E-state index is 0.474. The van der Waals surface area contributed by atoms with Crippen LogP contribution in [0.3, 0.4) is 0 Å². The van der Waals surface area contributed by atoms with Crippen molar-refractivity contribution in [3.8, 4) is 0 Å². The molecule has 1 aromatic rings. The van der Waals surface area contributed by atoms with Gasteiger partial charge in [-0.1, -0.05) is 16.8 Å². The van der Waals surface area contributed by atoms with Crippen molar-refractivity contribution in [3.63, 3.8) is 0 Å². The summed E-state index contributed by atoms with van der Waals surface area (Å²) in [5, 5.41) is 11.9. The van der Waals surface area contributed by atoms with E-state index in [9.17, 15) is 0 Å². The molecule has 0 aliphatic carbocycles. The molecule has 0 saturated carbocycles. The van der Waals surface area contributed by atoms with Crippen molar-refractivity contribution in [2.24, 2.45) is 5.16 Å². The van der Waals surface area contributed by atoms with Crippen molar-refractivity contribution in [2.75, 3.05) is 0 Å². The van der Waals surface area contributed by atoms with Crippen molar-refractivity contribution >= 4 is 17.3 Å². The average molecular weight is 171 g/mol. The van der Waals surface area contributed by atoms with Gasteiger partial charge in [-0.25, -0.2) is 0 Å². The molecule has 0 saturated heterocycles. The van der Waals surface area contributed by atoms with Gasteiger partial charge in [0.15, 0.2) is 0 Å². The highest BCUT2D eigenvalue weighted by molar-refractivity contribution is 6.30. The van der Waals surface area contributed by atoms with Crippen molar-refractivity contribution in [1.29, 1.82) is 0 Å². The molecular weight excluding hydrogens is 164 g/mol. The Morgan fingerprint density at radius 2 is 2.36 bits per heavy atom. The van der Waals surface area contributed by atoms with E-state index in [2.05, 4.69) is 10.1 Å². The number of hydrogen-bond acceptors (Lipinski definition) is 3. The van der Waals surface area contributed by atoms with Crippen molar-refractivity contribution in [1.82, 2.24) is 4.98 Å². The third kappa shape index (κ3) is 1.91. The highest BCUT2D eigenvalue weighted by Crippen LogP contribution is 2.06. The summed E-state index contributed by atoms with van der Waals surface area (Å²) in [4.78, 5) is 3.93. The van der Waals surface area contributed by atoms with Crippen LogP contribution in [0.1, 0.15) is 12.6 Å². The summed E-state index contributed by atoms with van der Waals surface area (Å²) in [5.41, 5.74) is 1.10. The van der Waals surface area contributed by atoms with Crippen molar-refractivity contribution in [3.05, 3.63) is 29.0 Å². The molecule has 1 heterocycles. The molecule has 0 aliphatic heterocycles. The van der Waals surface area contributed by atoms with Crippen LogP contribution in [-0.4, -0.2) is 15.9 Å². The van der Waals surface area contributed by atoms with Crippen LogP contribution in [0.4, 0.5) is 0 Å². The van der Waals surface area contributed by atoms with Crippen LogP contribution in [0.25, 0.3) is 0 Å². The van der Waals surface area contributed by atoms with Crippen molar-refractivity contribution in [2.45, 2.75) is 6.92 Å². The maximum Gasteiger partial charge on any atom is 0.102 e. The van der Waals surface area contributed by atoms with Gasteiger partial charge in [-0.2, -0.15) is 0 Å². The van der Waals surface area contributed by atoms with E-state index < -0.39 is 0 Å². The van der Waals surface area contributed by atoms with E-state index in [1.54, 1.807) is 19.1 Å². The first-order valence-corrected chi connectivity index (χ1v) is 3.42. The Balaban J connectivity index is 2.99. The Morgan fingerprint density at radius 3 is 2.82 bits per heavy atom. The third-order valence-corrected chi connectivity index (χ3v) is 1.47. The van der Waals surface area contributed by atoms with Crippen LogP contribution in [0, 0.1) is 0 Å². The summed E-state index contributed by atoms with van der Waals surface area (Å²) in [5.74, 6) is 0. The lowest BCUT2D eigenvalue weighted by atomic mass is 10.3. The lowest BCUT2D eigenvalue weighted by Gasteiger charge is -1.95. The summed E-state index contributed by atoms with van der Waals surface area (Å²) in [6.07, 6.45) is 1.51. The topological polar surface area (TPSA) is 45.5 Å². The Labute approximate surface area is 69.3 Å². The monoisotopic (exact) mass is 170 g/mol. The molecule has 1 N–H and O–H groups in total. The van der Waals surface area contributed by atoms with Crippen molar-refractivity contribution < 1.29 is 5.21 Å². The van der Waals surface area contributed by atoms with Gasteiger partial charge in [0, 0.05) is 6.20 Å². The zero-order valence-corrected chi connectivity index (χ0v) is 6.71. The second-order valence-electron chi connectivity index (χ2n) is 2.05. The van der Waals surface area contributed by atoms with Gasteiger partial charge in [-0.3, -0.25) is 4.98 Å². The first-order valence-electron chi connectivity index (χ1n) is 3.04. The van der Waals surface area contributed by atoms with Gasteiger partial charge < -0.3 is 5.21 Å². The quantitative estimate of drug-likeness (QED) is 0.398. The standard InChI is InChI=1S/C7H7ClN2O/c1-5(10-11)7-3-2-6(8)4-9-7/h2-4,11H,1H3/b10-5+. The molecule has 0 spiro atoms. The van der Waals surface area contributed by atoms with Gasteiger partial charge in [-0.05, 0) is 19.1 Å². The normalized spacial score (nSPS) is 11.6. The number of oxime groups is 1. The highest BCUT2D eigenvalue weighted by Gasteiger charge is 1.97. The smallest absolute Gasteiger partial charge is 0.102 e. The van der Waals surface area contributed by atoms with Gasteiger partial charge in [0.05, 0.1) is 10.7 Å². The first-order chi connectivity index (χ1) is 5.24. The molecule has 0 atom stereocenters. The van der Waals surface area contributed by atoms with Gasteiger partial charge >= 0.3 is 0 Å². The third-order valence-electron chi connectivity index (χ3n) is 1.25. The first kappa shape index (κ1) is 8.01. The molecule has 1 aromatic heterocycles. The molecule has 4 heteroatoms. The van der Waals surface area contributed by atoms with Crippen LogP contribution in [0.5, 0.6) is 0 Å². The van der Waals surface area contributed by atoms with Crippen LogP contribution in [0.2, 0.25) is 5.02 Å². The highest BCUT2D eigenvalue weighted by atomic mass is 35.5. The van der Waals surface area contributed by atoms with Gasteiger partial charge in [0.25, 0.3) is 0 Å². The Bertz CT molecular complexity index is 268.